The van der Waals surface area contributed by atoms with Gasteiger partial charge in [0.15, 0.2) is 9.84 Å². The molecule has 0 saturated heterocycles. The molecule has 2 atom stereocenters. The number of aromatic amines is 1. The SMILES string of the molecule is CCN[C@H]1C[C@H](C)S(=O)(=O)c2sc(S(=O)(=O)N=Cc3ccc4c(c3)/C(=C/c3[nH]c(C)c(C(=O)NCCN(CC)CC)c3C)C(=O)N4)cc21. The average Bonchev–Trinajstić information content (AvgIpc) is 3.71. The summed E-state index contributed by atoms with van der Waals surface area (Å²) in [5.41, 5.74) is 4.88. The summed E-state index contributed by atoms with van der Waals surface area (Å²) < 4.78 is 56.5. The van der Waals surface area contributed by atoms with E-state index in [-0.39, 0.29) is 26.3 Å². The van der Waals surface area contributed by atoms with Crippen molar-refractivity contribution >= 4 is 66.6 Å². The summed E-state index contributed by atoms with van der Waals surface area (Å²) in [5, 5.41) is 8.44. The number of hydrogen-bond acceptors (Lipinski definition) is 9. The number of rotatable bonds is 12. The predicted octanol–water partition coefficient (Wildman–Crippen LogP) is 4.28. The van der Waals surface area contributed by atoms with Gasteiger partial charge in [0, 0.05) is 53.5 Å². The van der Waals surface area contributed by atoms with Gasteiger partial charge in [0.25, 0.3) is 21.8 Å². The monoisotopic (exact) mass is 714 g/mol. The molecule has 1 aromatic carbocycles. The molecule has 0 bridgehead atoms. The average molecular weight is 715 g/mol. The summed E-state index contributed by atoms with van der Waals surface area (Å²) in [4.78, 5) is 31.5. The highest BCUT2D eigenvalue weighted by atomic mass is 32.3. The lowest BCUT2D eigenvalue weighted by Crippen LogP contribution is -2.35. The Hall–Kier alpha value is -3.63. The Morgan fingerprint density at radius 2 is 1.90 bits per heavy atom. The maximum Gasteiger partial charge on any atom is 0.291 e. The molecular formula is C33H42N6O6S3. The zero-order valence-electron chi connectivity index (χ0n) is 27.9. The highest BCUT2D eigenvalue weighted by Gasteiger charge is 2.39. The summed E-state index contributed by atoms with van der Waals surface area (Å²) in [6.07, 6.45) is 3.23. The molecule has 5 rings (SSSR count). The number of sulfonamides is 1. The fourth-order valence-corrected chi connectivity index (χ4v) is 11.0. The van der Waals surface area contributed by atoms with Crippen molar-refractivity contribution in [3.05, 3.63) is 63.5 Å². The number of H-pyrrole nitrogens is 1. The van der Waals surface area contributed by atoms with E-state index in [1.807, 2.05) is 20.8 Å². The molecule has 0 unspecified atom stereocenters. The number of aryl methyl sites for hydroxylation is 1. The van der Waals surface area contributed by atoms with Gasteiger partial charge >= 0.3 is 0 Å². The van der Waals surface area contributed by atoms with Crippen LogP contribution in [0.4, 0.5) is 5.69 Å². The van der Waals surface area contributed by atoms with Crippen molar-refractivity contribution in [1.29, 1.82) is 0 Å². The van der Waals surface area contributed by atoms with Gasteiger partial charge in [0.2, 0.25) is 0 Å². The first-order chi connectivity index (χ1) is 22.7. The summed E-state index contributed by atoms with van der Waals surface area (Å²) in [5.74, 6) is -0.525. The number of nitrogens with zero attached hydrogens (tertiary/aromatic N) is 2. The second-order valence-electron chi connectivity index (χ2n) is 12.0. The van der Waals surface area contributed by atoms with Crippen LogP contribution in [0, 0.1) is 13.8 Å². The quantitative estimate of drug-likeness (QED) is 0.159. The zero-order chi connectivity index (χ0) is 35.0. The van der Waals surface area contributed by atoms with Crippen LogP contribution in [0.3, 0.4) is 0 Å². The van der Waals surface area contributed by atoms with E-state index in [1.54, 1.807) is 31.2 Å². The zero-order valence-corrected chi connectivity index (χ0v) is 30.4. The fraction of sp³-hybridized carbons (Fsp3) is 0.424. The molecule has 12 nitrogen and oxygen atoms in total. The first-order valence-corrected chi connectivity index (χ1v) is 19.8. The van der Waals surface area contributed by atoms with Crippen molar-refractivity contribution < 1.29 is 26.4 Å². The van der Waals surface area contributed by atoms with E-state index in [9.17, 15) is 26.4 Å². The lowest BCUT2D eigenvalue weighted by molar-refractivity contribution is -0.110. The van der Waals surface area contributed by atoms with Crippen LogP contribution in [0.5, 0.6) is 0 Å². The summed E-state index contributed by atoms with van der Waals surface area (Å²) in [6.45, 7) is 15.0. The molecule has 0 spiro atoms. The molecule has 4 heterocycles. The van der Waals surface area contributed by atoms with Crippen LogP contribution in [0.15, 0.2) is 37.1 Å². The number of fused-ring (bicyclic) bond motifs is 2. The lowest BCUT2D eigenvalue weighted by atomic mass is 10.0. The van der Waals surface area contributed by atoms with E-state index in [0.717, 1.165) is 31.0 Å². The minimum atomic E-state index is -4.22. The van der Waals surface area contributed by atoms with Gasteiger partial charge in [-0.25, -0.2) is 8.42 Å². The standard InChI is InChI=1S/C33H42N6O6S3/c1-7-34-28-14-19(4)47(42,43)33-25(28)17-29(46-33)48(44,45)36-18-22-10-11-26-23(15-22)24(31(40)38-26)16-27-20(5)30(21(6)37-27)32(41)35-12-13-39(8-2)9-3/h10-11,15-19,28,34,37H,7-9,12-14H2,1-6H3,(H,35,41)(H,38,40)/b24-16-,36-18?/t19-,28-/m0/s1. The largest absolute Gasteiger partial charge is 0.358 e. The number of hydrogen-bond donors (Lipinski definition) is 4. The Morgan fingerprint density at radius 3 is 2.58 bits per heavy atom. The van der Waals surface area contributed by atoms with Crippen molar-refractivity contribution in [2.45, 2.75) is 67.7 Å². The van der Waals surface area contributed by atoms with Crippen molar-refractivity contribution in [3.63, 3.8) is 0 Å². The molecule has 0 aliphatic carbocycles. The van der Waals surface area contributed by atoms with Crippen molar-refractivity contribution in [2.24, 2.45) is 4.40 Å². The predicted molar refractivity (Wildman–Crippen MR) is 190 cm³/mol. The highest BCUT2D eigenvalue weighted by molar-refractivity contribution is 7.96. The van der Waals surface area contributed by atoms with Crippen LogP contribution in [-0.4, -0.2) is 82.7 Å². The van der Waals surface area contributed by atoms with Crippen LogP contribution in [0.1, 0.15) is 84.2 Å². The molecule has 48 heavy (non-hydrogen) atoms. The molecule has 4 N–H and O–H groups in total. The van der Waals surface area contributed by atoms with Gasteiger partial charge in [-0.15, -0.1) is 11.3 Å². The van der Waals surface area contributed by atoms with Crippen molar-refractivity contribution in [2.75, 3.05) is 38.0 Å². The topological polar surface area (TPSA) is 170 Å². The van der Waals surface area contributed by atoms with Gasteiger partial charge in [0.05, 0.1) is 16.4 Å². The molecule has 15 heteroatoms. The molecular weight excluding hydrogens is 673 g/mol. The molecule has 2 aliphatic rings. The van der Waals surface area contributed by atoms with Gasteiger partial charge in [-0.2, -0.15) is 12.8 Å². The number of amides is 2. The van der Waals surface area contributed by atoms with E-state index in [2.05, 4.69) is 44.1 Å². The summed E-state index contributed by atoms with van der Waals surface area (Å²) in [7, 11) is -7.87. The Morgan fingerprint density at radius 1 is 1.17 bits per heavy atom. The Labute approximate surface area is 286 Å². The van der Waals surface area contributed by atoms with Gasteiger partial charge in [-0.3, -0.25) is 9.59 Å². The number of thiophene rings is 1. The summed E-state index contributed by atoms with van der Waals surface area (Å²) >= 11 is 0.726. The third-order valence-electron chi connectivity index (χ3n) is 8.91. The van der Waals surface area contributed by atoms with E-state index in [0.29, 0.717) is 70.0 Å². The van der Waals surface area contributed by atoms with E-state index < -0.39 is 25.1 Å². The number of aromatic nitrogens is 1. The van der Waals surface area contributed by atoms with Gasteiger partial charge in [0.1, 0.15) is 8.42 Å². The minimum absolute atomic E-state index is 0.0630. The molecule has 0 fully saturated rings. The van der Waals surface area contributed by atoms with E-state index >= 15 is 0 Å². The molecule has 2 aromatic heterocycles. The highest BCUT2D eigenvalue weighted by Crippen LogP contribution is 2.43. The molecule has 0 saturated carbocycles. The third kappa shape index (κ3) is 6.92. The molecule has 0 radical (unpaired) electrons. The Bertz CT molecular complexity index is 2020. The Balaban J connectivity index is 1.40. The first kappa shape index (κ1) is 35.7. The van der Waals surface area contributed by atoms with Crippen LogP contribution in [0.2, 0.25) is 0 Å². The number of likely N-dealkylation sites (N-methyl/N-ethyl adjacent to an activating group) is 1. The fourth-order valence-electron chi connectivity index (χ4n) is 6.14. The molecule has 3 aromatic rings. The lowest BCUT2D eigenvalue weighted by Gasteiger charge is -2.27. The smallest absolute Gasteiger partial charge is 0.291 e. The normalized spacial score (nSPS) is 19.6. The number of carbonyl (C=O) groups excluding carboxylic acids is 2. The van der Waals surface area contributed by atoms with Crippen LogP contribution < -0.4 is 16.0 Å². The molecule has 258 valence electrons. The third-order valence-corrected chi connectivity index (χ3v) is 14.5. The van der Waals surface area contributed by atoms with E-state index in [4.69, 9.17) is 0 Å². The van der Waals surface area contributed by atoms with Crippen molar-refractivity contribution in [1.82, 2.24) is 20.5 Å². The summed E-state index contributed by atoms with van der Waals surface area (Å²) in [6, 6.07) is 6.11. The second kappa shape index (κ2) is 14.1. The Kier molecular flexibility index (Phi) is 10.5. The van der Waals surface area contributed by atoms with Crippen LogP contribution >= 0.6 is 11.3 Å². The number of anilines is 1. The molecule has 2 amide bonds. The van der Waals surface area contributed by atoms with Crippen LogP contribution in [0.25, 0.3) is 11.6 Å². The van der Waals surface area contributed by atoms with Crippen LogP contribution in [-0.2, 0) is 24.7 Å². The minimum Gasteiger partial charge on any atom is -0.358 e. The van der Waals surface area contributed by atoms with Crippen molar-refractivity contribution in [3.8, 4) is 0 Å². The maximum atomic E-state index is 13.3. The number of nitrogens with one attached hydrogen (secondary N) is 4. The van der Waals surface area contributed by atoms with Gasteiger partial charge < -0.3 is 25.8 Å². The number of sulfone groups is 1. The number of benzene rings is 1. The van der Waals surface area contributed by atoms with Gasteiger partial charge in [-0.1, -0.05) is 26.8 Å². The maximum absolute atomic E-state index is 13.3. The molecule has 2 aliphatic heterocycles. The number of carbonyl (C=O) groups is 2. The first-order valence-electron chi connectivity index (χ1n) is 16.0. The van der Waals surface area contributed by atoms with E-state index in [1.165, 1.54) is 12.3 Å². The van der Waals surface area contributed by atoms with Gasteiger partial charge in [-0.05, 0) is 82.2 Å². The second-order valence-corrected chi connectivity index (χ2v) is 17.5.